The van der Waals surface area contributed by atoms with Crippen molar-refractivity contribution in [3.05, 3.63) is 0 Å². The van der Waals surface area contributed by atoms with Crippen LogP contribution in [0.5, 0.6) is 0 Å². The predicted molar refractivity (Wildman–Crippen MR) is 68.5 cm³/mol. The van der Waals surface area contributed by atoms with Gasteiger partial charge in [0.25, 0.3) is 0 Å². The Morgan fingerprint density at radius 2 is 1.71 bits per heavy atom. The second-order valence-corrected chi connectivity index (χ2v) is 14.7. The van der Waals surface area contributed by atoms with Crippen LogP contribution in [0.15, 0.2) is 0 Å². The number of nitrogens with zero attached hydrogens (tertiary/aromatic N) is 1. The van der Waals surface area contributed by atoms with Crippen LogP contribution in [0.4, 0.5) is 0 Å². The van der Waals surface area contributed by atoms with E-state index >= 15 is 0 Å². The summed E-state index contributed by atoms with van der Waals surface area (Å²) in [6, 6.07) is 0. The average Bonchev–Trinajstić information content (AvgIpc) is 2.22. The molecule has 0 rings (SSSR count). The summed E-state index contributed by atoms with van der Waals surface area (Å²) in [5.74, 6) is 0. The Morgan fingerprint density at radius 1 is 1.00 bits per heavy atom. The van der Waals surface area contributed by atoms with Crippen molar-refractivity contribution in [3.63, 3.8) is 0 Å². The van der Waals surface area contributed by atoms with Gasteiger partial charge in [-0.05, 0) is 0 Å². The molecule has 0 aromatic heterocycles. The molecular formula is C12H28InN. The molecule has 0 aliphatic carbocycles. The average molecular weight is 301 g/mol. The summed E-state index contributed by atoms with van der Waals surface area (Å²) >= 11 is -0.910. The number of rotatable bonds is 9. The van der Waals surface area contributed by atoms with E-state index in [1.54, 1.807) is 8.35 Å². The Hall–Kier alpha value is 0.830. The third kappa shape index (κ3) is 8.16. The van der Waals surface area contributed by atoms with Gasteiger partial charge in [-0.25, -0.2) is 0 Å². The van der Waals surface area contributed by atoms with Crippen molar-refractivity contribution in [2.75, 3.05) is 19.6 Å². The normalized spacial score (nSPS) is 10.9. The first-order valence-electron chi connectivity index (χ1n) is 6.46. The van der Waals surface area contributed by atoms with E-state index in [-0.39, 0.29) is 0 Å². The summed E-state index contributed by atoms with van der Waals surface area (Å²) in [5.41, 5.74) is 0. The molecular weight excluding hydrogens is 273 g/mol. The van der Waals surface area contributed by atoms with Crippen LogP contribution in [0.1, 0.15) is 40.0 Å². The SMILES string of the molecule is CCCN(CC)CCC[CH2][In]([CH3])[CH2]C. The van der Waals surface area contributed by atoms with Crippen LogP contribution in [0.2, 0.25) is 13.0 Å². The molecule has 0 heterocycles. The molecule has 0 amide bonds. The summed E-state index contributed by atoms with van der Waals surface area (Å²) in [6.45, 7) is 10.8. The Balaban J connectivity index is 3.32. The van der Waals surface area contributed by atoms with Gasteiger partial charge in [-0.1, -0.05) is 0 Å². The van der Waals surface area contributed by atoms with Crippen molar-refractivity contribution >= 4 is 21.4 Å². The topological polar surface area (TPSA) is 3.24 Å². The quantitative estimate of drug-likeness (QED) is 0.588. The van der Waals surface area contributed by atoms with Crippen LogP contribution in [-0.4, -0.2) is 46.0 Å². The van der Waals surface area contributed by atoms with Crippen LogP contribution >= 0.6 is 0 Å². The van der Waals surface area contributed by atoms with E-state index in [9.17, 15) is 0 Å². The zero-order valence-electron chi connectivity index (χ0n) is 10.7. The van der Waals surface area contributed by atoms with Crippen LogP contribution in [0.25, 0.3) is 0 Å². The zero-order chi connectivity index (χ0) is 10.8. The molecule has 0 fully saturated rings. The maximum absolute atomic E-state index is 2.59. The van der Waals surface area contributed by atoms with Gasteiger partial charge in [-0.15, -0.1) is 0 Å². The summed E-state index contributed by atoms with van der Waals surface area (Å²) in [5, 5.41) is 0. The first kappa shape index (κ1) is 14.8. The molecule has 0 aliphatic rings. The Kier molecular flexibility index (Phi) is 11.0. The fourth-order valence-electron chi connectivity index (χ4n) is 1.78. The van der Waals surface area contributed by atoms with E-state index in [1.165, 1.54) is 38.9 Å². The van der Waals surface area contributed by atoms with Gasteiger partial charge in [0.05, 0.1) is 0 Å². The monoisotopic (exact) mass is 301 g/mol. The second-order valence-electron chi connectivity index (χ2n) is 4.44. The van der Waals surface area contributed by atoms with Gasteiger partial charge in [0.1, 0.15) is 0 Å². The van der Waals surface area contributed by atoms with E-state index in [4.69, 9.17) is 0 Å². The molecule has 0 saturated carbocycles. The van der Waals surface area contributed by atoms with Crippen LogP contribution in [-0.2, 0) is 0 Å². The molecule has 0 unspecified atom stereocenters. The third-order valence-corrected chi connectivity index (χ3v) is 11.1. The van der Waals surface area contributed by atoms with Gasteiger partial charge in [0.2, 0.25) is 0 Å². The molecule has 84 valence electrons. The molecule has 1 nitrogen and oxygen atoms in total. The number of hydrogen-bond acceptors (Lipinski definition) is 1. The first-order valence-corrected chi connectivity index (χ1v) is 14.4. The van der Waals surface area contributed by atoms with Crippen molar-refractivity contribution in [3.8, 4) is 0 Å². The van der Waals surface area contributed by atoms with E-state index in [2.05, 4.69) is 30.4 Å². The van der Waals surface area contributed by atoms with Crippen molar-refractivity contribution < 1.29 is 0 Å². The molecule has 2 heteroatoms. The van der Waals surface area contributed by atoms with Crippen molar-refractivity contribution in [2.24, 2.45) is 0 Å². The molecule has 0 radical (unpaired) electrons. The Morgan fingerprint density at radius 3 is 2.21 bits per heavy atom. The van der Waals surface area contributed by atoms with Crippen molar-refractivity contribution in [1.29, 1.82) is 0 Å². The van der Waals surface area contributed by atoms with Gasteiger partial charge < -0.3 is 0 Å². The van der Waals surface area contributed by atoms with Gasteiger partial charge >= 0.3 is 99.0 Å². The zero-order valence-corrected chi connectivity index (χ0v) is 14.0. The first-order chi connectivity index (χ1) is 6.74. The fourth-order valence-corrected chi connectivity index (χ4v) is 5.75. The van der Waals surface area contributed by atoms with Gasteiger partial charge in [-0.3, -0.25) is 0 Å². The molecule has 0 aromatic rings. The van der Waals surface area contributed by atoms with E-state index in [0.717, 1.165) is 0 Å². The van der Waals surface area contributed by atoms with Gasteiger partial charge in [0.15, 0.2) is 0 Å². The van der Waals surface area contributed by atoms with E-state index in [1.807, 2.05) is 0 Å². The molecule has 14 heavy (non-hydrogen) atoms. The molecule has 0 aliphatic heterocycles. The molecule has 0 bridgehead atoms. The summed E-state index contributed by atoms with van der Waals surface area (Å²) < 4.78 is 5.75. The predicted octanol–water partition coefficient (Wildman–Crippen LogP) is 3.64. The number of hydrogen-bond donors (Lipinski definition) is 0. The van der Waals surface area contributed by atoms with Gasteiger partial charge in [-0.2, -0.15) is 0 Å². The van der Waals surface area contributed by atoms with Crippen molar-refractivity contribution in [1.82, 2.24) is 4.90 Å². The van der Waals surface area contributed by atoms with Crippen LogP contribution < -0.4 is 0 Å². The van der Waals surface area contributed by atoms with Gasteiger partial charge in [0, 0.05) is 0 Å². The maximum atomic E-state index is 2.59. The standard InChI is InChI=1S/C9H20N.C2H5.CH3.In/c1-4-7-9-10(6-3)8-5-2;1-2;;/h1,4-9H2,2-3H3;1H2,2H3;1H3;. The second kappa shape index (κ2) is 10.4. The van der Waals surface area contributed by atoms with Crippen LogP contribution in [0.3, 0.4) is 0 Å². The Labute approximate surface area is 98.8 Å². The van der Waals surface area contributed by atoms with Crippen LogP contribution in [0, 0.1) is 0 Å². The summed E-state index contributed by atoms with van der Waals surface area (Å²) in [4.78, 5) is 2.59. The molecule has 0 N–H and O–H groups in total. The molecule has 0 spiro atoms. The van der Waals surface area contributed by atoms with E-state index in [0.29, 0.717) is 0 Å². The fraction of sp³-hybridized carbons (Fsp3) is 1.00. The van der Waals surface area contributed by atoms with Crippen molar-refractivity contribution in [2.45, 2.75) is 53.1 Å². The third-order valence-electron chi connectivity index (χ3n) is 3.11. The molecule has 0 atom stereocenters. The number of unbranched alkanes of at least 4 members (excludes halogenated alkanes) is 1. The molecule has 0 saturated heterocycles. The molecule has 0 aromatic carbocycles. The minimum absolute atomic E-state index is 0.910. The Bertz CT molecular complexity index is 117. The van der Waals surface area contributed by atoms with E-state index < -0.39 is 21.4 Å². The minimum atomic E-state index is -0.910. The summed E-state index contributed by atoms with van der Waals surface area (Å²) in [6.07, 6.45) is 4.25. The summed E-state index contributed by atoms with van der Waals surface area (Å²) in [7, 11) is 0.